The molecule has 3 heterocycles. The molecule has 0 fully saturated rings. The van der Waals surface area contributed by atoms with Crippen LogP contribution in [0.2, 0.25) is 0 Å². The van der Waals surface area contributed by atoms with Gasteiger partial charge in [0.2, 0.25) is 0 Å². The van der Waals surface area contributed by atoms with E-state index in [1.165, 1.54) is 5.56 Å². The van der Waals surface area contributed by atoms with E-state index < -0.39 is 0 Å². The number of nitrogens with zero attached hydrogens (tertiary/aromatic N) is 1. The lowest BCUT2D eigenvalue weighted by Crippen LogP contribution is -2.09. The largest absolute Gasteiger partial charge is 0.456 e. The molecule has 0 bridgehead atoms. The van der Waals surface area contributed by atoms with E-state index in [1.807, 2.05) is 12.1 Å². The third-order valence-electron chi connectivity index (χ3n) is 11.5. The zero-order chi connectivity index (χ0) is 38.2. The summed E-state index contributed by atoms with van der Waals surface area (Å²) in [5.74, 6) is 0. The lowest BCUT2D eigenvalue weighted by molar-refractivity contribution is 0.668. The second-order valence-electron chi connectivity index (χ2n) is 14.9. The highest BCUT2D eigenvalue weighted by atomic mass is 16.3. The number of rotatable bonds is 6. The number of fused-ring (bicyclic) bond motifs is 9. The van der Waals surface area contributed by atoms with E-state index in [9.17, 15) is 0 Å². The second kappa shape index (κ2) is 12.9. The van der Waals surface area contributed by atoms with Crippen LogP contribution in [0.4, 0.5) is 17.1 Å². The van der Waals surface area contributed by atoms with Gasteiger partial charge in [0, 0.05) is 61.0 Å². The Morgan fingerprint density at radius 2 is 0.862 bits per heavy atom. The van der Waals surface area contributed by atoms with Gasteiger partial charge in [-0.1, -0.05) is 121 Å². The van der Waals surface area contributed by atoms with E-state index in [0.717, 1.165) is 111 Å². The summed E-state index contributed by atoms with van der Waals surface area (Å²) in [5, 5.41) is 6.51. The van der Waals surface area contributed by atoms with Gasteiger partial charge in [-0.05, 0) is 101 Å². The molecular weight excluding hydrogens is 711 g/mol. The van der Waals surface area contributed by atoms with Crippen LogP contribution in [0.1, 0.15) is 0 Å². The molecular formula is C54H33NO3. The minimum Gasteiger partial charge on any atom is -0.456 e. The monoisotopic (exact) mass is 743 g/mol. The lowest BCUT2D eigenvalue weighted by Gasteiger charge is -2.26. The van der Waals surface area contributed by atoms with Crippen molar-refractivity contribution >= 4 is 82.9 Å². The van der Waals surface area contributed by atoms with Crippen LogP contribution in [-0.2, 0) is 0 Å². The van der Waals surface area contributed by atoms with Crippen molar-refractivity contribution in [3.8, 4) is 33.4 Å². The Balaban J connectivity index is 0.971. The highest BCUT2D eigenvalue weighted by Crippen LogP contribution is 2.45. The summed E-state index contributed by atoms with van der Waals surface area (Å²) < 4.78 is 19.6. The maximum atomic E-state index is 6.81. The van der Waals surface area contributed by atoms with Gasteiger partial charge in [-0.15, -0.1) is 0 Å². The van der Waals surface area contributed by atoms with Crippen molar-refractivity contribution in [1.29, 1.82) is 0 Å². The van der Waals surface area contributed by atoms with Crippen molar-refractivity contribution in [3.63, 3.8) is 0 Å². The first kappa shape index (κ1) is 32.4. The Morgan fingerprint density at radius 1 is 0.276 bits per heavy atom. The molecule has 0 N–H and O–H groups in total. The van der Waals surface area contributed by atoms with Gasteiger partial charge in [0.15, 0.2) is 0 Å². The molecule has 3 aromatic heterocycles. The van der Waals surface area contributed by atoms with Crippen molar-refractivity contribution in [2.45, 2.75) is 0 Å². The number of furan rings is 3. The summed E-state index contributed by atoms with van der Waals surface area (Å²) in [7, 11) is 0. The predicted octanol–water partition coefficient (Wildman–Crippen LogP) is 15.9. The molecule has 4 nitrogen and oxygen atoms in total. The molecule has 4 heteroatoms. The molecule has 0 unspecified atom stereocenters. The summed E-state index contributed by atoms with van der Waals surface area (Å²) in [6.45, 7) is 0. The second-order valence-corrected chi connectivity index (χ2v) is 14.9. The van der Waals surface area contributed by atoms with E-state index in [0.29, 0.717) is 0 Å². The zero-order valence-electron chi connectivity index (χ0n) is 31.2. The Kier molecular flexibility index (Phi) is 7.20. The number of anilines is 3. The fourth-order valence-corrected chi connectivity index (χ4v) is 8.75. The Bertz CT molecular complexity index is 3520. The fraction of sp³-hybridized carbons (Fsp3) is 0. The number of hydrogen-bond donors (Lipinski definition) is 0. The van der Waals surface area contributed by atoms with Crippen LogP contribution in [0.25, 0.3) is 99.2 Å². The molecule has 272 valence electrons. The number of hydrogen-bond acceptors (Lipinski definition) is 4. The Labute approximate surface area is 333 Å². The first-order valence-electron chi connectivity index (χ1n) is 19.6. The van der Waals surface area contributed by atoms with Crippen LogP contribution in [0.3, 0.4) is 0 Å². The Morgan fingerprint density at radius 3 is 1.78 bits per heavy atom. The molecule has 0 atom stereocenters. The fourth-order valence-electron chi connectivity index (χ4n) is 8.75. The third-order valence-corrected chi connectivity index (χ3v) is 11.5. The third kappa shape index (κ3) is 5.16. The quantitative estimate of drug-likeness (QED) is 0.170. The average molecular weight is 744 g/mol. The molecule has 0 saturated carbocycles. The van der Waals surface area contributed by atoms with E-state index >= 15 is 0 Å². The van der Waals surface area contributed by atoms with Gasteiger partial charge < -0.3 is 18.2 Å². The van der Waals surface area contributed by atoms with Gasteiger partial charge >= 0.3 is 0 Å². The number of benzene rings is 9. The van der Waals surface area contributed by atoms with Crippen molar-refractivity contribution in [2.75, 3.05) is 4.90 Å². The highest BCUT2D eigenvalue weighted by molar-refractivity contribution is 6.18. The van der Waals surface area contributed by atoms with Crippen molar-refractivity contribution < 1.29 is 13.3 Å². The zero-order valence-corrected chi connectivity index (χ0v) is 31.2. The van der Waals surface area contributed by atoms with Crippen LogP contribution in [0.15, 0.2) is 213 Å². The van der Waals surface area contributed by atoms with Gasteiger partial charge in [-0.2, -0.15) is 0 Å². The van der Waals surface area contributed by atoms with Crippen LogP contribution >= 0.6 is 0 Å². The molecule has 9 aromatic carbocycles. The number of para-hydroxylation sites is 3. The standard InChI is InChI=1S/C54H33NO3/c1-3-12-34(13-4-1)35-14-9-17-39(30-35)55(38-15-5-2-6-16-38)40-26-28-46-52(33-40)57-50-23-11-19-43(53(46)50)45-21-10-20-44-42-27-24-37(32-51(42)58-54(44)45)36-25-29-49-47(31-36)41-18-7-8-22-48(41)56-49/h1-33H. The first-order chi connectivity index (χ1) is 28.7. The lowest BCUT2D eigenvalue weighted by atomic mass is 9.97. The van der Waals surface area contributed by atoms with Crippen LogP contribution in [0.5, 0.6) is 0 Å². The van der Waals surface area contributed by atoms with Gasteiger partial charge in [0.1, 0.15) is 33.5 Å². The maximum absolute atomic E-state index is 6.81. The van der Waals surface area contributed by atoms with E-state index in [-0.39, 0.29) is 0 Å². The molecule has 0 spiro atoms. The molecule has 12 rings (SSSR count). The van der Waals surface area contributed by atoms with Crippen LogP contribution in [0, 0.1) is 0 Å². The van der Waals surface area contributed by atoms with Gasteiger partial charge in [0.05, 0.1) is 0 Å². The molecule has 0 aliphatic heterocycles. The van der Waals surface area contributed by atoms with Crippen molar-refractivity contribution in [1.82, 2.24) is 0 Å². The molecule has 0 amide bonds. The smallest absolute Gasteiger partial charge is 0.143 e. The maximum Gasteiger partial charge on any atom is 0.143 e. The molecule has 0 aliphatic carbocycles. The van der Waals surface area contributed by atoms with Gasteiger partial charge in [-0.3, -0.25) is 0 Å². The van der Waals surface area contributed by atoms with Crippen LogP contribution in [-0.4, -0.2) is 0 Å². The van der Waals surface area contributed by atoms with Crippen molar-refractivity contribution in [3.05, 3.63) is 200 Å². The van der Waals surface area contributed by atoms with E-state index in [4.69, 9.17) is 13.3 Å². The van der Waals surface area contributed by atoms with Crippen molar-refractivity contribution in [2.24, 2.45) is 0 Å². The molecule has 12 aromatic rings. The normalized spacial score (nSPS) is 11.8. The average Bonchev–Trinajstić information content (AvgIpc) is 3.98. The summed E-state index contributed by atoms with van der Waals surface area (Å²) in [4.78, 5) is 2.29. The van der Waals surface area contributed by atoms with E-state index in [1.54, 1.807) is 0 Å². The summed E-state index contributed by atoms with van der Waals surface area (Å²) >= 11 is 0. The first-order valence-corrected chi connectivity index (χ1v) is 19.6. The Hall–Kier alpha value is -7.82. The topological polar surface area (TPSA) is 42.7 Å². The molecule has 0 aliphatic rings. The predicted molar refractivity (Wildman–Crippen MR) is 239 cm³/mol. The SMILES string of the molecule is c1ccc(-c2cccc(N(c3ccccc3)c3ccc4c(c3)oc3cccc(-c5cccc6c5oc5cc(-c7ccc8oc9ccccc9c8c7)ccc56)c34)c2)cc1. The molecule has 58 heavy (non-hydrogen) atoms. The molecule has 0 saturated heterocycles. The van der Waals surface area contributed by atoms with Crippen LogP contribution < -0.4 is 4.90 Å². The minimum atomic E-state index is 0.823. The summed E-state index contributed by atoms with van der Waals surface area (Å²) in [6, 6.07) is 70.1. The molecule has 0 radical (unpaired) electrons. The van der Waals surface area contributed by atoms with Gasteiger partial charge in [0.25, 0.3) is 0 Å². The highest BCUT2D eigenvalue weighted by Gasteiger charge is 2.20. The summed E-state index contributed by atoms with van der Waals surface area (Å²) in [6.07, 6.45) is 0. The minimum absolute atomic E-state index is 0.823. The van der Waals surface area contributed by atoms with E-state index in [2.05, 4.69) is 193 Å². The van der Waals surface area contributed by atoms with Gasteiger partial charge in [-0.25, -0.2) is 0 Å². The summed E-state index contributed by atoms with van der Waals surface area (Å²) in [5.41, 5.74) is 15.0.